The minimum atomic E-state index is -0.539. The predicted molar refractivity (Wildman–Crippen MR) is 195 cm³/mol. The van der Waals surface area contributed by atoms with Crippen molar-refractivity contribution in [1.29, 1.82) is 0 Å². The number of amides is 3. The molecule has 2 aliphatic heterocycles. The summed E-state index contributed by atoms with van der Waals surface area (Å²) in [7, 11) is 0. The second kappa shape index (κ2) is 29.9. The zero-order valence-corrected chi connectivity index (χ0v) is 31.7. The molecule has 46 heavy (non-hydrogen) atoms. The van der Waals surface area contributed by atoms with Crippen LogP contribution in [0, 0.1) is 0 Å². The molecule has 2 aliphatic rings. The van der Waals surface area contributed by atoms with Crippen LogP contribution >= 0.6 is 23.2 Å². The molecule has 10 heteroatoms. The van der Waals surface area contributed by atoms with Crippen LogP contribution in [-0.4, -0.2) is 72.0 Å². The maximum absolute atomic E-state index is 12.6. The molecule has 0 radical (unpaired) electrons. The average Bonchev–Trinajstić information content (AvgIpc) is 3.44. The summed E-state index contributed by atoms with van der Waals surface area (Å²) in [6, 6.07) is -0.329. The topological polar surface area (TPSA) is 99.8 Å². The number of carbonyl (C=O) groups excluding carboxylic acids is 3. The molecule has 0 spiro atoms. The van der Waals surface area contributed by atoms with Crippen molar-refractivity contribution in [2.45, 2.75) is 181 Å². The van der Waals surface area contributed by atoms with E-state index in [-0.39, 0.29) is 29.3 Å². The van der Waals surface area contributed by atoms with Gasteiger partial charge in [-0.2, -0.15) is 0 Å². The summed E-state index contributed by atoms with van der Waals surface area (Å²) in [6.45, 7) is 13.2. The van der Waals surface area contributed by atoms with Crippen molar-refractivity contribution in [2.75, 3.05) is 31.5 Å². The summed E-state index contributed by atoms with van der Waals surface area (Å²) in [6.07, 6.45) is 22.9. The van der Waals surface area contributed by atoms with Gasteiger partial charge in [0.15, 0.2) is 0 Å². The molecule has 2 rings (SSSR count). The smallest absolute Gasteiger partial charge is 0.410 e. The quantitative estimate of drug-likeness (QED) is 0.111. The Balaban J connectivity index is 0.000000846. The number of halogens is 2. The monoisotopic (exact) mass is 692 g/mol. The zero-order chi connectivity index (χ0) is 34.5. The van der Waals surface area contributed by atoms with Crippen LogP contribution in [0.3, 0.4) is 0 Å². The largest absolute Gasteiger partial charge is 0.444 e. The summed E-state index contributed by atoms with van der Waals surface area (Å²) >= 11 is 9.53. The van der Waals surface area contributed by atoms with Crippen molar-refractivity contribution in [3.63, 3.8) is 0 Å². The first-order valence-electron chi connectivity index (χ1n) is 18.5. The van der Waals surface area contributed by atoms with Gasteiger partial charge in [0, 0.05) is 19.6 Å². The molecule has 0 bridgehead atoms. The summed E-state index contributed by atoms with van der Waals surface area (Å²) in [5.41, 5.74) is -0.539. The molecule has 272 valence electrons. The minimum Gasteiger partial charge on any atom is -0.444 e. The standard InChI is InChI=1S/C20H38N2O3.C15H30N2O.CH2Cl2/c1-5-6-7-8-9-12-15-21-18(23)17-14-11-10-13-16-22(17)19(24)25-20(2,3)4;1-2-3-4-5-6-9-13-17-15(18)14-11-8-7-10-12-16-14;2-1-3/h17H,5-16H2,1-4H3,(H,21,23);14,16H,2-13H2,1H3,(H,17,18);1H2/t17-;14-;/m00./s1. The Hall–Kier alpha value is -1.25. The van der Waals surface area contributed by atoms with Gasteiger partial charge in [0.25, 0.3) is 0 Å². The van der Waals surface area contributed by atoms with E-state index < -0.39 is 11.6 Å². The van der Waals surface area contributed by atoms with Gasteiger partial charge in [-0.1, -0.05) is 104 Å². The Morgan fingerprint density at radius 2 is 1.22 bits per heavy atom. The Labute approximate surface area is 292 Å². The fourth-order valence-electron chi connectivity index (χ4n) is 5.65. The van der Waals surface area contributed by atoms with E-state index in [9.17, 15) is 14.4 Å². The van der Waals surface area contributed by atoms with E-state index in [0.717, 1.165) is 64.5 Å². The number of alkyl halides is 2. The molecule has 0 aromatic rings. The summed E-state index contributed by atoms with van der Waals surface area (Å²) in [4.78, 5) is 38.6. The molecule has 3 amide bonds. The summed E-state index contributed by atoms with van der Waals surface area (Å²) < 4.78 is 5.50. The van der Waals surface area contributed by atoms with E-state index in [0.29, 0.717) is 13.1 Å². The van der Waals surface area contributed by atoms with E-state index in [4.69, 9.17) is 27.9 Å². The fraction of sp³-hybridized carbons (Fsp3) is 0.917. The fourth-order valence-corrected chi connectivity index (χ4v) is 5.65. The molecule has 0 unspecified atom stereocenters. The lowest BCUT2D eigenvalue weighted by atomic mass is 10.1. The van der Waals surface area contributed by atoms with E-state index in [1.165, 1.54) is 77.0 Å². The molecule has 0 aromatic carbocycles. The Morgan fingerprint density at radius 3 is 1.78 bits per heavy atom. The third-order valence-corrected chi connectivity index (χ3v) is 8.22. The van der Waals surface area contributed by atoms with Crippen LogP contribution < -0.4 is 16.0 Å². The van der Waals surface area contributed by atoms with Gasteiger partial charge in [-0.15, -0.1) is 23.2 Å². The van der Waals surface area contributed by atoms with Crippen LogP contribution in [0.2, 0.25) is 0 Å². The van der Waals surface area contributed by atoms with E-state index >= 15 is 0 Å². The SMILES string of the molecule is CCCCCCCCNC(=O)[C@@H]1CCCCCN1.CCCCCCCCNC(=O)[C@@H]1CCCCCN1C(=O)OC(C)(C)C.ClCCl. The maximum atomic E-state index is 12.6. The molecular weight excluding hydrogens is 623 g/mol. The predicted octanol–water partition coefficient (Wildman–Crippen LogP) is 9.06. The van der Waals surface area contributed by atoms with Crippen molar-refractivity contribution in [3.8, 4) is 0 Å². The lowest BCUT2D eigenvalue weighted by Crippen LogP contribution is -2.50. The first-order chi connectivity index (χ1) is 22.1. The molecule has 2 fully saturated rings. The average molecular weight is 694 g/mol. The van der Waals surface area contributed by atoms with Crippen molar-refractivity contribution in [3.05, 3.63) is 0 Å². The first-order valence-corrected chi connectivity index (χ1v) is 19.6. The number of nitrogens with one attached hydrogen (secondary N) is 3. The van der Waals surface area contributed by atoms with E-state index in [2.05, 4.69) is 29.8 Å². The van der Waals surface area contributed by atoms with Gasteiger partial charge in [-0.3, -0.25) is 14.5 Å². The molecule has 2 atom stereocenters. The Morgan fingerprint density at radius 1 is 0.717 bits per heavy atom. The van der Waals surface area contributed by atoms with Gasteiger partial charge in [0.05, 0.1) is 11.4 Å². The molecule has 2 saturated heterocycles. The van der Waals surface area contributed by atoms with Crippen molar-refractivity contribution in [2.24, 2.45) is 0 Å². The van der Waals surface area contributed by atoms with Gasteiger partial charge in [0.2, 0.25) is 11.8 Å². The van der Waals surface area contributed by atoms with Gasteiger partial charge in [0.1, 0.15) is 11.6 Å². The molecular formula is C36H70Cl2N4O4. The number of hydrogen-bond donors (Lipinski definition) is 3. The van der Waals surface area contributed by atoms with Crippen LogP contribution in [0.25, 0.3) is 0 Å². The Kier molecular flexibility index (Phi) is 29.0. The highest BCUT2D eigenvalue weighted by atomic mass is 35.5. The van der Waals surface area contributed by atoms with E-state index in [1.54, 1.807) is 4.90 Å². The highest BCUT2D eigenvalue weighted by Gasteiger charge is 2.33. The highest BCUT2D eigenvalue weighted by Crippen LogP contribution is 2.20. The first kappa shape index (κ1) is 44.8. The number of unbranched alkanes of at least 4 members (excludes halogenated alkanes) is 10. The molecule has 0 aliphatic carbocycles. The molecule has 3 N–H and O–H groups in total. The lowest BCUT2D eigenvalue weighted by molar-refractivity contribution is -0.126. The third-order valence-electron chi connectivity index (χ3n) is 8.22. The molecule has 0 aromatic heterocycles. The summed E-state index contributed by atoms with van der Waals surface area (Å²) in [5.74, 6) is 0.187. The molecule has 2 heterocycles. The summed E-state index contributed by atoms with van der Waals surface area (Å²) in [5, 5.41) is 9.63. The second-order valence-corrected chi connectivity index (χ2v) is 14.4. The molecule has 8 nitrogen and oxygen atoms in total. The number of hydrogen-bond acceptors (Lipinski definition) is 5. The van der Waals surface area contributed by atoms with Crippen molar-refractivity contribution in [1.82, 2.24) is 20.9 Å². The van der Waals surface area contributed by atoms with Crippen LogP contribution in [0.5, 0.6) is 0 Å². The Bertz CT molecular complexity index is 759. The highest BCUT2D eigenvalue weighted by molar-refractivity contribution is 6.40. The van der Waals surface area contributed by atoms with Crippen LogP contribution in [0.1, 0.15) is 163 Å². The van der Waals surface area contributed by atoms with Crippen molar-refractivity contribution < 1.29 is 19.1 Å². The van der Waals surface area contributed by atoms with Crippen molar-refractivity contribution >= 4 is 41.1 Å². The number of ether oxygens (including phenoxy) is 1. The van der Waals surface area contributed by atoms with Gasteiger partial charge >= 0.3 is 6.09 Å². The van der Waals surface area contributed by atoms with Gasteiger partial charge < -0.3 is 20.7 Å². The van der Waals surface area contributed by atoms with Gasteiger partial charge in [-0.25, -0.2) is 4.79 Å². The third kappa shape index (κ3) is 24.9. The van der Waals surface area contributed by atoms with Crippen LogP contribution in [-0.2, 0) is 14.3 Å². The normalized spacial score (nSPS) is 18.5. The second-order valence-electron chi connectivity index (χ2n) is 13.6. The lowest BCUT2D eigenvalue weighted by Gasteiger charge is -2.31. The van der Waals surface area contributed by atoms with Gasteiger partial charge in [-0.05, 0) is 65.8 Å². The zero-order valence-electron chi connectivity index (χ0n) is 30.2. The maximum Gasteiger partial charge on any atom is 0.410 e. The van der Waals surface area contributed by atoms with Crippen LogP contribution in [0.4, 0.5) is 4.79 Å². The number of nitrogens with zero attached hydrogens (tertiary/aromatic N) is 1. The van der Waals surface area contributed by atoms with Crippen LogP contribution in [0.15, 0.2) is 0 Å². The number of carbonyl (C=O) groups is 3. The molecule has 0 saturated carbocycles. The number of likely N-dealkylation sites (tertiary alicyclic amines) is 1. The van der Waals surface area contributed by atoms with E-state index in [1.807, 2.05) is 20.8 Å². The number of rotatable bonds is 16. The minimum absolute atomic E-state index is 0.0266.